The van der Waals surface area contributed by atoms with E-state index in [1.807, 2.05) is 12.1 Å². The molecule has 2 aliphatic rings. The molecule has 2 unspecified atom stereocenters. The van der Waals surface area contributed by atoms with Gasteiger partial charge in [-0.3, -0.25) is 9.59 Å². The Bertz CT molecular complexity index is 1330. The molecule has 1 aliphatic carbocycles. The van der Waals surface area contributed by atoms with Gasteiger partial charge in [0, 0.05) is 25.1 Å². The number of aromatic amines is 1. The number of likely N-dealkylation sites (tertiary alicyclic amines) is 1. The van der Waals surface area contributed by atoms with Crippen molar-refractivity contribution in [2.75, 3.05) is 19.7 Å². The Kier molecular flexibility index (Phi) is 6.44. The number of nitrogens with one attached hydrogen (secondary N) is 1. The fourth-order valence-electron chi connectivity index (χ4n) is 5.43. The van der Waals surface area contributed by atoms with E-state index in [0.717, 1.165) is 5.56 Å². The first kappa shape index (κ1) is 23.3. The van der Waals surface area contributed by atoms with E-state index < -0.39 is 5.92 Å². The molecule has 3 heterocycles. The monoisotopic (exact) mass is 473 g/mol. The Balaban J connectivity index is 1.56. The molecule has 1 aromatic carbocycles. The number of amides is 1. The van der Waals surface area contributed by atoms with Crippen LogP contribution in [0.1, 0.15) is 78.9 Å². The summed E-state index contributed by atoms with van der Waals surface area (Å²) < 4.78 is 1.21. The largest absolute Gasteiger partial charge is 0.396 e. The van der Waals surface area contributed by atoms with E-state index in [-0.39, 0.29) is 24.0 Å². The Morgan fingerprint density at radius 3 is 2.63 bits per heavy atom. The van der Waals surface area contributed by atoms with E-state index in [9.17, 15) is 20.0 Å². The summed E-state index contributed by atoms with van der Waals surface area (Å²) in [6.07, 6.45) is 6.93. The summed E-state index contributed by atoms with van der Waals surface area (Å²) in [4.78, 5) is 31.5. The minimum Gasteiger partial charge on any atom is -0.396 e. The number of aliphatic hydroxyl groups excluding tert-OH is 1. The Morgan fingerprint density at radius 2 is 1.97 bits per heavy atom. The van der Waals surface area contributed by atoms with Crippen LogP contribution >= 0.6 is 0 Å². The molecule has 0 spiro atoms. The molecular weight excluding hydrogens is 442 g/mol. The molecule has 8 nitrogen and oxygen atoms in total. The number of fused-ring (bicyclic) bond motifs is 1. The van der Waals surface area contributed by atoms with Gasteiger partial charge in [-0.05, 0) is 36.3 Å². The maximum atomic E-state index is 13.6. The van der Waals surface area contributed by atoms with Crippen LogP contribution in [0.3, 0.4) is 0 Å². The van der Waals surface area contributed by atoms with Gasteiger partial charge in [0.1, 0.15) is 5.56 Å². The molecule has 8 heteroatoms. The quantitative estimate of drug-likeness (QED) is 0.585. The Hall–Kier alpha value is -3.44. The number of aromatic nitrogens is 3. The van der Waals surface area contributed by atoms with Crippen LogP contribution < -0.4 is 5.56 Å². The van der Waals surface area contributed by atoms with Crippen molar-refractivity contribution >= 4 is 11.6 Å². The number of carbonyl (C=O) groups is 1. The molecule has 0 bridgehead atoms. The number of hydrogen-bond donors (Lipinski definition) is 2. The third-order valence-corrected chi connectivity index (χ3v) is 7.55. The van der Waals surface area contributed by atoms with Crippen molar-refractivity contribution in [3.8, 4) is 17.3 Å². The van der Waals surface area contributed by atoms with Gasteiger partial charge in [-0.1, -0.05) is 50.5 Å². The van der Waals surface area contributed by atoms with Gasteiger partial charge in [-0.2, -0.15) is 14.9 Å². The molecule has 182 valence electrons. The van der Waals surface area contributed by atoms with Crippen LogP contribution in [0.2, 0.25) is 0 Å². The van der Waals surface area contributed by atoms with Crippen molar-refractivity contribution < 1.29 is 9.90 Å². The van der Waals surface area contributed by atoms with Crippen LogP contribution in [-0.2, 0) is 0 Å². The van der Waals surface area contributed by atoms with Crippen LogP contribution in [0.4, 0.5) is 0 Å². The van der Waals surface area contributed by atoms with Crippen LogP contribution in [0.5, 0.6) is 0 Å². The zero-order valence-corrected chi connectivity index (χ0v) is 20.0. The lowest BCUT2D eigenvalue weighted by Crippen LogP contribution is -2.30. The van der Waals surface area contributed by atoms with Crippen LogP contribution in [0.25, 0.3) is 16.9 Å². The predicted octanol–water partition coefficient (Wildman–Crippen LogP) is 3.82. The van der Waals surface area contributed by atoms with E-state index in [1.165, 1.54) is 48.2 Å². The van der Waals surface area contributed by atoms with Crippen LogP contribution in [0.15, 0.2) is 35.1 Å². The number of nitrogens with zero attached hydrogens (tertiary/aromatic N) is 4. The summed E-state index contributed by atoms with van der Waals surface area (Å²) in [6, 6.07) is 12.1. The first-order chi connectivity index (χ1) is 17.0. The van der Waals surface area contributed by atoms with E-state index in [1.54, 1.807) is 11.8 Å². The van der Waals surface area contributed by atoms with Gasteiger partial charge >= 0.3 is 0 Å². The lowest BCUT2D eigenvalue weighted by atomic mass is 9.84. The molecular formula is C27H31N5O3. The third-order valence-electron chi connectivity index (χ3n) is 7.55. The molecule has 35 heavy (non-hydrogen) atoms. The fraction of sp³-hybridized carbons (Fsp3) is 0.481. The van der Waals surface area contributed by atoms with Gasteiger partial charge in [0.05, 0.1) is 30.0 Å². The second-order valence-corrected chi connectivity index (χ2v) is 9.95. The summed E-state index contributed by atoms with van der Waals surface area (Å²) in [7, 11) is 0. The molecule has 1 aliphatic heterocycles. The van der Waals surface area contributed by atoms with Crippen molar-refractivity contribution in [3.05, 3.63) is 57.5 Å². The van der Waals surface area contributed by atoms with Gasteiger partial charge in [0.15, 0.2) is 5.65 Å². The van der Waals surface area contributed by atoms with Crippen molar-refractivity contribution in [2.45, 2.75) is 57.3 Å². The van der Waals surface area contributed by atoms with Gasteiger partial charge < -0.3 is 15.0 Å². The molecule has 2 fully saturated rings. The Labute approximate surface area is 204 Å². The number of nitriles is 1. The molecule has 5 rings (SSSR count). The average Bonchev–Trinajstić information content (AvgIpc) is 3.54. The van der Waals surface area contributed by atoms with Crippen molar-refractivity contribution in [1.29, 1.82) is 5.26 Å². The standard InChI is InChI=1S/C27H31N5O3/c1-17(16-33)25-24(27(35)31-12-11-18(14-28)15-31)26-29-22(13-23(34)32(26)30-25)21-9-7-20(8-10-21)19-5-3-2-4-6-19/h7-10,13,17-19,29,33H,2-6,11-12,15-16H2,1H3. The van der Waals surface area contributed by atoms with Crippen molar-refractivity contribution in [1.82, 2.24) is 19.5 Å². The lowest BCUT2D eigenvalue weighted by Gasteiger charge is -2.22. The molecule has 2 atom stereocenters. The second kappa shape index (κ2) is 9.67. The molecule has 2 N–H and O–H groups in total. The number of rotatable bonds is 5. The Morgan fingerprint density at radius 1 is 1.23 bits per heavy atom. The lowest BCUT2D eigenvalue weighted by molar-refractivity contribution is 0.0789. The zero-order chi connectivity index (χ0) is 24.5. The van der Waals surface area contributed by atoms with E-state index in [4.69, 9.17) is 0 Å². The maximum absolute atomic E-state index is 13.6. The minimum absolute atomic E-state index is 0.197. The smallest absolute Gasteiger partial charge is 0.274 e. The van der Waals surface area contributed by atoms with Crippen molar-refractivity contribution in [2.24, 2.45) is 5.92 Å². The van der Waals surface area contributed by atoms with Crippen LogP contribution in [-0.4, -0.2) is 50.2 Å². The normalized spacial score (nSPS) is 19.7. The number of hydrogen-bond acceptors (Lipinski definition) is 5. The molecule has 1 saturated carbocycles. The zero-order valence-electron chi connectivity index (χ0n) is 20.0. The van der Waals surface area contributed by atoms with Gasteiger partial charge in [-0.15, -0.1) is 0 Å². The fourth-order valence-corrected chi connectivity index (χ4v) is 5.43. The van der Waals surface area contributed by atoms with Gasteiger partial charge in [0.2, 0.25) is 0 Å². The molecule has 0 radical (unpaired) electrons. The highest BCUT2D eigenvalue weighted by molar-refractivity contribution is 6.01. The molecule has 1 amide bonds. The third kappa shape index (κ3) is 4.37. The number of benzene rings is 1. The van der Waals surface area contributed by atoms with Gasteiger partial charge in [-0.25, -0.2) is 0 Å². The average molecular weight is 474 g/mol. The van der Waals surface area contributed by atoms with Crippen LogP contribution in [0, 0.1) is 17.2 Å². The molecule has 2 aromatic heterocycles. The summed E-state index contributed by atoms with van der Waals surface area (Å²) in [6.45, 7) is 2.41. The summed E-state index contributed by atoms with van der Waals surface area (Å²) in [5.74, 6) is -0.293. The van der Waals surface area contributed by atoms with E-state index in [2.05, 4.69) is 28.3 Å². The first-order valence-electron chi connectivity index (χ1n) is 12.6. The summed E-state index contributed by atoms with van der Waals surface area (Å²) >= 11 is 0. The SMILES string of the molecule is CC(CO)c1nn2c(=O)cc(-c3ccc(C4CCCCC4)cc3)[nH]c2c1C(=O)N1CCC(C#N)C1. The second-order valence-electron chi connectivity index (χ2n) is 9.95. The molecule has 1 saturated heterocycles. The summed E-state index contributed by atoms with van der Waals surface area (Å²) in [5.41, 5.74) is 3.48. The maximum Gasteiger partial charge on any atom is 0.274 e. The number of H-pyrrole nitrogens is 1. The highest BCUT2D eigenvalue weighted by Crippen LogP contribution is 2.33. The molecule has 3 aromatic rings. The summed E-state index contributed by atoms with van der Waals surface area (Å²) in [5, 5.41) is 23.5. The highest BCUT2D eigenvalue weighted by Gasteiger charge is 2.33. The van der Waals surface area contributed by atoms with Gasteiger partial charge in [0.25, 0.3) is 11.5 Å². The van der Waals surface area contributed by atoms with Crippen molar-refractivity contribution in [3.63, 3.8) is 0 Å². The minimum atomic E-state index is -0.422. The van der Waals surface area contributed by atoms with E-state index >= 15 is 0 Å². The number of aliphatic hydroxyl groups is 1. The number of carbonyl (C=O) groups excluding carboxylic acids is 1. The van der Waals surface area contributed by atoms with E-state index in [0.29, 0.717) is 48.0 Å². The highest BCUT2D eigenvalue weighted by atomic mass is 16.3. The topological polar surface area (TPSA) is 114 Å². The predicted molar refractivity (Wildman–Crippen MR) is 132 cm³/mol. The first-order valence-corrected chi connectivity index (χ1v) is 12.6.